The van der Waals surface area contributed by atoms with Crippen molar-refractivity contribution in [2.75, 3.05) is 6.61 Å². The van der Waals surface area contributed by atoms with Crippen LogP contribution in [0.1, 0.15) is 16.1 Å². The van der Waals surface area contributed by atoms with E-state index >= 15 is 0 Å². The van der Waals surface area contributed by atoms with Gasteiger partial charge in [-0.05, 0) is 30.3 Å². The molecule has 0 radical (unpaired) electrons. The fourth-order valence-corrected chi connectivity index (χ4v) is 1.85. The molecule has 0 spiro atoms. The van der Waals surface area contributed by atoms with Crippen molar-refractivity contribution in [2.24, 2.45) is 0 Å². The maximum absolute atomic E-state index is 11.9. The summed E-state index contributed by atoms with van der Waals surface area (Å²) in [6, 6.07) is 8.19. The van der Waals surface area contributed by atoms with Crippen LogP contribution in [-0.4, -0.2) is 23.5 Å². The second-order valence-electron chi connectivity index (χ2n) is 4.47. The average molecular weight is 300 g/mol. The lowest BCUT2D eigenvalue weighted by molar-refractivity contribution is -0.124. The van der Waals surface area contributed by atoms with E-state index in [-0.39, 0.29) is 13.2 Å². The van der Waals surface area contributed by atoms with Gasteiger partial charge in [0.15, 0.2) is 18.6 Å². The van der Waals surface area contributed by atoms with Crippen LogP contribution in [0.3, 0.4) is 0 Å². The zero-order valence-corrected chi connectivity index (χ0v) is 11.4. The molecule has 0 unspecified atom stereocenters. The Kier molecular flexibility index (Phi) is 3.86. The standard InChI is InChI=1S/C15H12N2O5/c18-14(16-7-11-2-1-5-20-11)8-21-15(19)10-3-4-12-13(6-10)22-9-17-12/h1-6,9H,7-8H2,(H,16,18). The number of hydrogen-bond acceptors (Lipinski definition) is 6. The van der Waals surface area contributed by atoms with Crippen LogP contribution in [0.2, 0.25) is 0 Å². The number of ether oxygens (including phenoxy) is 1. The molecule has 0 saturated heterocycles. The van der Waals surface area contributed by atoms with E-state index in [1.807, 2.05) is 0 Å². The van der Waals surface area contributed by atoms with Crippen molar-refractivity contribution in [3.05, 3.63) is 54.3 Å². The minimum atomic E-state index is -0.605. The monoisotopic (exact) mass is 300 g/mol. The van der Waals surface area contributed by atoms with Gasteiger partial charge < -0.3 is 18.9 Å². The van der Waals surface area contributed by atoms with Gasteiger partial charge in [0.1, 0.15) is 11.3 Å². The quantitative estimate of drug-likeness (QED) is 0.723. The highest BCUT2D eigenvalue weighted by molar-refractivity contribution is 5.94. The van der Waals surface area contributed by atoms with Crippen molar-refractivity contribution in [1.29, 1.82) is 0 Å². The zero-order valence-electron chi connectivity index (χ0n) is 11.4. The van der Waals surface area contributed by atoms with Crippen molar-refractivity contribution in [3.8, 4) is 0 Å². The van der Waals surface area contributed by atoms with Crippen LogP contribution in [-0.2, 0) is 16.1 Å². The van der Waals surface area contributed by atoms with E-state index in [9.17, 15) is 9.59 Å². The second kappa shape index (κ2) is 6.13. The summed E-state index contributed by atoms with van der Waals surface area (Å²) in [7, 11) is 0. The van der Waals surface area contributed by atoms with E-state index < -0.39 is 11.9 Å². The number of amides is 1. The maximum atomic E-state index is 11.9. The second-order valence-corrected chi connectivity index (χ2v) is 4.47. The Hall–Kier alpha value is -3.09. The van der Waals surface area contributed by atoms with E-state index in [1.165, 1.54) is 18.7 Å². The lowest BCUT2D eigenvalue weighted by Gasteiger charge is -2.05. The highest BCUT2D eigenvalue weighted by atomic mass is 16.5. The van der Waals surface area contributed by atoms with E-state index in [0.29, 0.717) is 22.4 Å². The molecule has 7 heteroatoms. The molecule has 112 valence electrons. The van der Waals surface area contributed by atoms with Crippen LogP contribution in [0.4, 0.5) is 0 Å². The third-order valence-electron chi connectivity index (χ3n) is 2.94. The SMILES string of the molecule is O=C(COC(=O)c1ccc2ncoc2c1)NCc1ccco1. The number of esters is 1. The molecule has 22 heavy (non-hydrogen) atoms. The Morgan fingerprint density at radius 2 is 2.14 bits per heavy atom. The first-order valence-electron chi connectivity index (χ1n) is 6.52. The van der Waals surface area contributed by atoms with Gasteiger partial charge in [-0.1, -0.05) is 0 Å². The number of carbonyl (C=O) groups is 2. The summed E-state index contributed by atoms with van der Waals surface area (Å²) in [6.07, 6.45) is 2.81. The molecule has 0 aliphatic carbocycles. The molecular weight excluding hydrogens is 288 g/mol. The molecular formula is C15H12N2O5. The number of carbonyl (C=O) groups excluding carboxylic acids is 2. The predicted octanol–water partition coefficient (Wildman–Crippen LogP) is 1.89. The molecule has 0 aliphatic heterocycles. The third-order valence-corrected chi connectivity index (χ3v) is 2.94. The number of furan rings is 1. The van der Waals surface area contributed by atoms with E-state index in [1.54, 1.807) is 24.3 Å². The topological polar surface area (TPSA) is 94.6 Å². The summed E-state index contributed by atoms with van der Waals surface area (Å²) in [4.78, 5) is 27.4. The van der Waals surface area contributed by atoms with Gasteiger partial charge in [-0.3, -0.25) is 4.79 Å². The van der Waals surface area contributed by atoms with Crippen molar-refractivity contribution in [3.63, 3.8) is 0 Å². The Labute approximate surface area is 124 Å². The highest BCUT2D eigenvalue weighted by Crippen LogP contribution is 2.14. The number of benzene rings is 1. The number of nitrogens with one attached hydrogen (secondary N) is 1. The number of nitrogens with zero attached hydrogens (tertiary/aromatic N) is 1. The molecule has 1 aromatic carbocycles. The molecule has 1 N–H and O–H groups in total. The lowest BCUT2D eigenvalue weighted by Crippen LogP contribution is -2.28. The number of hydrogen-bond donors (Lipinski definition) is 1. The van der Waals surface area contributed by atoms with Gasteiger partial charge in [-0.25, -0.2) is 9.78 Å². The van der Waals surface area contributed by atoms with Gasteiger partial charge in [0, 0.05) is 0 Å². The zero-order chi connectivity index (χ0) is 15.4. The summed E-state index contributed by atoms with van der Waals surface area (Å²) in [5.74, 6) is -0.396. The molecule has 0 bridgehead atoms. The van der Waals surface area contributed by atoms with Gasteiger partial charge in [0.25, 0.3) is 5.91 Å². The molecule has 3 aromatic rings. The summed E-state index contributed by atoms with van der Waals surface area (Å²) in [5.41, 5.74) is 1.42. The number of rotatable bonds is 5. The molecule has 7 nitrogen and oxygen atoms in total. The molecule has 0 atom stereocenters. The lowest BCUT2D eigenvalue weighted by atomic mass is 10.2. The average Bonchev–Trinajstić information content (AvgIpc) is 3.20. The van der Waals surface area contributed by atoms with Crippen molar-refractivity contribution < 1.29 is 23.2 Å². The van der Waals surface area contributed by atoms with Gasteiger partial charge in [0.2, 0.25) is 0 Å². The summed E-state index contributed by atoms with van der Waals surface area (Å²) >= 11 is 0. The molecule has 1 amide bonds. The highest BCUT2D eigenvalue weighted by Gasteiger charge is 2.12. The largest absolute Gasteiger partial charge is 0.467 e. The number of oxazole rings is 1. The Morgan fingerprint density at radius 3 is 2.95 bits per heavy atom. The van der Waals surface area contributed by atoms with Crippen LogP contribution in [0.15, 0.2) is 51.8 Å². The fraction of sp³-hybridized carbons (Fsp3) is 0.133. The Balaban J connectivity index is 1.51. The van der Waals surface area contributed by atoms with Crippen LogP contribution in [0.5, 0.6) is 0 Å². The minimum Gasteiger partial charge on any atom is -0.467 e. The summed E-state index contributed by atoms with van der Waals surface area (Å²) in [5, 5.41) is 2.58. The fourth-order valence-electron chi connectivity index (χ4n) is 1.85. The smallest absolute Gasteiger partial charge is 0.338 e. The minimum absolute atomic E-state index is 0.243. The maximum Gasteiger partial charge on any atom is 0.338 e. The third kappa shape index (κ3) is 3.14. The molecule has 2 heterocycles. The van der Waals surface area contributed by atoms with E-state index in [2.05, 4.69) is 10.3 Å². The molecule has 0 aliphatic rings. The van der Waals surface area contributed by atoms with E-state index in [0.717, 1.165) is 0 Å². The molecule has 2 aromatic heterocycles. The van der Waals surface area contributed by atoms with Crippen LogP contribution < -0.4 is 5.32 Å². The van der Waals surface area contributed by atoms with Gasteiger partial charge >= 0.3 is 5.97 Å². The Morgan fingerprint density at radius 1 is 1.23 bits per heavy atom. The van der Waals surface area contributed by atoms with Crippen molar-refractivity contribution in [2.45, 2.75) is 6.54 Å². The predicted molar refractivity (Wildman–Crippen MR) is 74.8 cm³/mol. The van der Waals surface area contributed by atoms with Gasteiger partial charge in [-0.2, -0.15) is 0 Å². The van der Waals surface area contributed by atoms with Gasteiger partial charge in [0.05, 0.1) is 18.4 Å². The van der Waals surface area contributed by atoms with Crippen molar-refractivity contribution in [1.82, 2.24) is 10.3 Å². The summed E-state index contributed by atoms with van der Waals surface area (Å²) in [6.45, 7) is -0.124. The first-order valence-corrected chi connectivity index (χ1v) is 6.52. The van der Waals surface area contributed by atoms with Crippen LogP contribution >= 0.6 is 0 Å². The summed E-state index contributed by atoms with van der Waals surface area (Å²) < 4.78 is 15.1. The first-order chi connectivity index (χ1) is 10.7. The van der Waals surface area contributed by atoms with Crippen LogP contribution in [0.25, 0.3) is 11.1 Å². The number of fused-ring (bicyclic) bond motifs is 1. The molecule has 0 saturated carbocycles. The number of aromatic nitrogens is 1. The molecule has 0 fully saturated rings. The van der Waals surface area contributed by atoms with Gasteiger partial charge in [-0.15, -0.1) is 0 Å². The van der Waals surface area contributed by atoms with Crippen LogP contribution in [0, 0.1) is 0 Å². The van der Waals surface area contributed by atoms with E-state index in [4.69, 9.17) is 13.6 Å². The normalized spacial score (nSPS) is 10.5. The van der Waals surface area contributed by atoms with Crippen molar-refractivity contribution >= 4 is 23.0 Å². The molecule has 3 rings (SSSR count). The first kappa shape index (κ1) is 13.9. The Bertz CT molecular complexity index is 791.